The summed E-state index contributed by atoms with van der Waals surface area (Å²) in [4.78, 5) is 21.1. The molecule has 0 bridgehead atoms. The number of hydrogen-bond donors (Lipinski definition) is 0. The number of rotatable bonds is 73. The number of hydrogen-bond acceptors (Lipinski definition) is 26. The summed E-state index contributed by atoms with van der Waals surface area (Å²) in [5.41, 5.74) is 0.399. The van der Waals surface area contributed by atoms with Gasteiger partial charge in [0.1, 0.15) is 25.6 Å². The minimum absolute atomic E-state index is 0.0611. The lowest BCUT2D eigenvalue weighted by Gasteiger charge is -2.26. The van der Waals surface area contributed by atoms with E-state index in [1.165, 1.54) is 0 Å². The number of para-hydroxylation sites is 1. The Bertz CT molecular complexity index is 1970. The quantitative estimate of drug-likeness (QED) is 0.0254. The summed E-state index contributed by atoms with van der Waals surface area (Å²) in [6.45, 7) is 56.3. The van der Waals surface area contributed by atoms with Crippen molar-refractivity contribution in [2.24, 2.45) is 0 Å². The molecule has 26 nitrogen and oxygen atoms in total. The zero-order valence-electron chi connectivity index (χ0n) is 74.4. The summed E-state index contributed by atoms with van der Waals surface area (Å²) < 4.78 is 130. The van der Waals surface area contributed by atoms with E-state index in [1.807, 2.05) is 78.8 Å². The van der Waals surface area contributed by atoms with Crippen molar-refractivity contribution < 1.29 is 123 Å². The molecule has 0 saturated heterocycles. The fourth-order valence-electron chi connectivity index (χ4n) is 9.66. The van der Waals surface area contributed by atoms with Crippen LogP contribution in [0.5, 0.6) is 5.75 Å². The molecule has 0 saturated carbocycles. The Kier molecular flexibility index (Phi) is 96.9. The summed E-state index contributed by atoms with van der Waals surface area (Å²) in [7, 11) is 8.41. The number of benzene rings is 1. The van der Waals surface area contributed by atoms with Gasteiger partial charge in [-0.15, -0.1) is 0 Å². The maximum Gasteiger partial charge on any atom is 0.333 e. The van der Waals surface area contributed by atoms with E-state index < -0.39 is 0 Å². The second-order valence-corrected chi connectivity index (χ2v) is 26.4. The average molecular weight is 1610 g/mol. The van der Waals surface area contributed by atoms with Gasteiger partial charge in [-0.1, -0.05) is 66.3 Å². The highest BCUT2D eigenvalue weighted by Gasteiger charge is 2.21. The van der Waals surface area contributed by atoms with Crippen molar-refractivity contribution in [2.45, 2.75) is 281 Å². The summed E-state index contributed by atoms with van der Waals surface area (Å²) in [5, 5.41) is 0. The van der Waals surface area contributed by atoms with Gasteiger partial charge in [0.2, 0.25) is 0 Å². The van der Waals surface area contributed by atoms with Crippen LogP contribution < -0.4 is 4.74 Å². The van der Waals surface area contributed by atoms with Crippen LogP contribution in [0.4, 0.5) is 0 Å². The SMILES string of the molecule is C=C(C)C(=O)OCCOC(C)CC(CC)OCCOC.CCC(C)OC.CCC(CC(C)OCCOC=O)OCCOC.CCC(CC(C)OCCOc1ccccc1)OCCOC.CCOCCOC(C)CC(CC)OCCOC.CCOCCOCCOC(C)CC(CC(CC)OCCOC(C)C)OCCOCC. The molecule has 0 aromatic heterocycles. The maximum atomic E-state index is 11.1. The molecule has 12 unspecified atom stereocenters. The summed E-state index contributed by atoms with van der Waals surface area (Å²) in [6.07, 6.45) is 13.4. The fourth-order valence-corrected chi connectivity index (χ4v) is 9.66. The lowest BCUT2D eigenvalue weighted by molar-refractivity contribution is -0.141. The standard InChI is InChI=1S/C23H48O7.C17H28O4.C15H28O5.C13H28O4.C12H24O5.C5H12O/c1-7-22(29-17-16-27-20(4)5)19-23(30-15-12-25-9-3)18-21(6)28-14-13-26-11-10-24-8-2;1-4-16(20-11-10-18-3)14-15(2)19-12-13-21-17-8-6-5-7-9-17;1-6-14(19-8-7-17-5)11-13(4)18-9-10-20-15(16)12(2)3;1-5-13(17-9-7-14-4)11-12(3)16-10-8-15-6-2;1-4-12(17-7-5-14-3)9-11(2)16-8-6-15-10-13;1-4-5(2)6-3/h20-23H,7-19H2,1-6H3;5-9,15-16H,4,10-14H2,1-3H3;13-14H,2,6-11H2,1,3-5H3;12-13H,5-11H2,1-4H3;10-12H,4-9H2,1-3H3;5H,4H2,1-3H3. The molecule has 0 aliphatic carbocycles. The molecule has 1 aromatic rings. The van der Waals surface area contributed by atoms with Crippen molar-refractivity contribution in [1.82, 2.24) is 0 Å². The van der Waals surface area contributed by atoms with Crippen LogP contribution in [0.2, 0.25) is 0 Å². The molecule has 0 aliphatic rings. The molecule has 1 aromatic carbocycles. The normalized spacial score (nSPS) is 14.4. The van der Waals surface area contributed by atoms with Crippen LogP contribution in [-0.2, 0) is 119 Å². The Balaban J connectivity index is -0.000000420. The van der Waals surface area contributed by atoms with Gasteiger partial charge in [-0.05, 0) is 172 Å². The van der Waals surface area contributed by atoms with Crippen molar-refractivity contribution in [1.29, 1.82) is 0 Å². The summed E-state index contributed by atoms with van der Waals surface area (Å²) in [5.74, 6) is 0.499. The van der Waals surface area contributed by atoms with Crippen molar-refractivity contribution in [2.75, 3.05) is 214 Å². The zero-order valence-corrected chi connectivity index (χ0v) is 74.4. The molecule has 111 heavy (non-hydrogen) atoms. The van der Waals surface area contributed by atoms with Crippen LogP contribution in [0.15, 0.2) is 42.5 Å². The summed E-state index contributed by atoms with van der Waals surface area (Å²) >= 11 is 0. The number of esters is 1. The Morgan fingerprint density at radius 3 is 0.964 bits per heavy atom. The van der Waals surface area contributed by atoms with Gasteiger partial charge in [0.15, 0.2) is 0 Å². The Labute approximate surface area is 676 Å². The van der Waals surface area contributed by atoms with Gasteiger partial charge in [-0.25, -0.2) is 4.79 Å². The van der Waals surface area contributed by atoms with Gasteiger partial charge in [0.05, 0.1) is 218 Å². The van der Waals surface area contributed by atoms with Crippen molar-refractivity contribution in [3.63, 3.8) is 0 Å². The Morgan fingerprint density at radius 1 is 0.333 bits per heavy atom. The molecular weight excluding hydrogens is 1440 g/mol. The van der Waals surface area contributed by atoms with Crippen LogP contribution >= 0.6 is 0 Å². The predicted molar refractivity (Wildman–Crippen MR) is 440 cm³/mol. The molecule has 0 N–H and O–H groups in total. The van der Waals surface area contributed by atoms with Crippen LogP contribution in [-0.4, -0.2) is 306 Å². The molecule has 0 heterocycles. The monoisotopic (exact) mass is 1610 g/mol. The molecule has 0 spiro atoms. The van der Waals surface area contributed by atoms with E-state index in [0.29, 0.717) is 177 Å². The van der Waals surface area contributed by atoms with Crippen LogP contribution in [0, 0.1) is 0 Å². The lowest BCUT2D eigenvalue weighted by Crippen LogP contribution is -2.29. The second-order valence-electron chi connectivity index (χ2n) is 26.4. The first kappa shape index (κ1) is 116. The van der Waals surface area contributed by atoms with Crippen LogP contribution in [0.1, 0.15) is 202 Å². The molecule has 26 heteroatoms. The molecule has 0 aliphatic heterocycles. The van der Waals surface area contributed by atoms with Crippen molar-refractivity contribution in [3.8, 4) is 5.75 Å². The van der Waals surface area contributed by atoms with E-state index in [-0.39, 0.29) is 85.8 Å². The van der Waals surface area contributed by atoms with Gasteiger partial charge < -0.3 is 114 Å². The average Bonchev–Trinajstić information content (AvgIpc) is 0.897. The van der Waals surface area contributed by atoms with E-state index in [0.717, 1.165) is 96.0 Å². The molecule has 1 rings (SSSR count). The minimum Gasteiger partial charge on any atom is -0.491 e. The van der Waals surface area contributed by atoms with E-state index in [1.54, 1.807) is 42.5 Å². The molecule has 0 amide bonds. The first-order chi connectivity index (χ1) is 53.6. The minimum atomic E-state index is -0.379. The van der Waals surface area contributed by atoms with Crippen molar-refractivity contribution in [3.05, 3.63) is 42.5 Å². The van der Waals surface area contributed by atoms with Gasteiger partial charge in [0.25, 0.3) is 6.47 Å². The predicted octanol–water partition coefficient (Wildman–Crippen LogP) is 14.6. The molecule has 12 atom stereocenters. The van der Waals surface area contributed by atoms with E-state index in [2.05, 4.69) is 80.6 Å². The van der Waals surface area contributed by atoms with Crippen LogP contribution in [0.3, 0.4) is 0 Å². The summed E-state index contributed by atoms with van der Waals surface area (Å²) in [6, 6.07) is 9.78. The first-order valence-electron chi connectivity index (χ1n) is 41.3. The number of ether oxygens (including phenoxy) is 24. The Hall–Kier alpha value is -3.14. The maximum absolute atomic E-state index is 11.1. The van der Waals surface area contributed by atoms with Gasteiger partial charge in [-0.3, -0.25) is 4.79 Å². The van der Waals surface area contributed by atoms with Gasteiger partial charge in [-0.2, -0.15) is 0 Å². The first-order valence-corrected chi connectivity index (χ1v) is 41.3. The number of carbonyl (C=O) groups excluding carboxylic acids is 2. The van der Waals surface area contributed by atoms with Gasteiger partial charge >= 0.3 is 5.97 Å². The topological polar surface area (TPSA) is 256 Å². The number of methoxy groups -OCH3 is 5. The molecule has 0 fully saturated rings. The third kappa shape index (κ3) is 89.1. The van der Waals surface area contributed by atoms with E-state index >= 15 is 0 Å². The van der Waals surface area contributed by atoms with E-state index in [4.69, 9.17) is 109 Å². The lowest BCUT2D eigenvalue weighted by atomic mass is 10.0. The zero-order chi connectivity index (χ0) is 84.0. The molecule has 664 valence electrons. The van der Waals surface area contributed by atoms with Gasteiger partial charge in [0, 0.05) is 60.9 Å². The number of carbonyl (C=O) groups is 2. The highest BCUT2D eigenvalue weighted by atomic mass is 16.6. The third-order valence-corrected chi connectivity index (χ3v) is 16.3. The molecule has 0 radical (unpaired) electrons. The van der Waals surface area contributed by atoms with Crippen molar-refractivity contribution >= 4 is 12.4 Å². The highest BCUT2D eigenvalue weighted by Crippen LogP contribution is 2.18. The van der Waals surface area contributed by atoms with Crippen LogP contribution in [0.25, 0.3) is 0 Å². The Morgan fingerprint density at radius 2 is 0.631 bits per heavy atom. The van der Waals surface area contributed by atoms with E-state index in [9.17, 15) is 9.59 Å². The highest BCUT2D eigenvalue weighted by molar-refractivity contribution is 5.86. The smallest absolute Gasteiger partial charge is 0.333 e. The fraction of sp³-hybridized carbons (Fsp3) is 0.882. The largest absolute Gasteiger partial charge is 0.491 e. The molecular formula is C85H168O26. The second kappa shape index (κ2) is 92.4. The third-order valence-electron chi connectivity index (χ3n) is 16.3.